The topological polar surface area (TPSA) is 193 Å². The molecule has 6 rings (SSSR count). The molecule has 45 heavy (non-hydrogen) atoms. The van der Waals surface area contributed by atoms with Crippen molar-refractivity contribution in [3.8, 4) is 16.9 Å². The lowest BCUT2D eigenvalue weighted by Crippen LogP contribution is -2.27. The molecule has 0 saturated carbocycles. The average molecular weight is 641 g/mol. The van der Waals surface area contributed by atoms with Gasteiger partial charge in [-0.05, 0) is 56.5 Å². The Hall–Kier alpha value is -4.76. The van der Waals surface area contributed by atoms with Crippen molar-refractivity contribution < 1.29 is 31.6 Å². The van der Waals surface area contributed by atoms with E-state index in [4.69, 9.17) is 25.5 Å². The summed E-state index contributed by atoms with van der Waals surface area (Å²) in [6.07, 6.45) is 3.88. The smallest absolute Gasteiger partial charge is 0.343 e. The van der Waals surface area contributed by atoms with Gasteiger partial charge in [-0.25, -0.2) is 14.2 Å². The van der Waals surface area contributed by atoms with Crippen molar-refractivity contribution in [2.75, 3.05) is 41.9 Å². The Kier molecular flexibility index (Phi) is 8.67. The molecule has 0 amide bonds. The highest BCUT2D eigenvalue weighted by Crippen LogP contribution is 2.43. The van der Waals surface area contributed by atoms with Gasteiger partial charge in [-0.1, -0.05) is 6.07 Å². The summed E-state index contributed by atoms with van der Waals surface area (Å²) in [4.78, 5) is 35.9. The van der Waals surface area contributed by atoms with Gasteiger partial charge in [-0.3, -0.25) is 9.35 Å². The van der Waals surface area contributed by atoms with E-state index in [1.54, 1.807) is 17.7 Å². The minimum atomic E-state index is -3.66. The fourth-order valence-electron chi connectivity index (χ4n) is 5.40. The number of nitrogens with zero attached hydrogens (tertiary/aromatic N) is 4. The molecule has 238 valence electrons. The fraction of sp³-hybridized carbons (Fsp3) is 0.333. The number of hydrogen-bond acceptors (Lipinski definition) is 11. The van der Waals surface area contributed by atoms with Gasteiger partial charge in [0, 0.05) is 36.7 Å². The summed E-state index contributed by atoms with van der Waals surface area (Å²) in [5.74, 6) is -0.770. The van der Waals surface area contributed by atoms with Crippen molar-refractivity contribution in [1.82, 2.24) is 14.5 Å². The molecule has 0 fully saturated rings. The van der Waals surface area contributed by atoms with Crippen molar-refractivity contribution in [2.24, 2.45) is 0 Å². The van der Waals surface area contributed by atoms with E-state index in [0.717, 1.165) is 29.8 Å². The predicted molar refractivity (Wildman–Crippen MR) is 167 cm³/mol. The molecule has 2 aromatic carbocycles. The highest BCUT2D eigenvalue weighted by Gasteiger charge is 2.30. The highest BCUT2D eigenvalue weighted by molar-refractivity contribution is 7.85. The molecule has 0 radical (unpaired) electrons. The predicted octanol–water partition coefficient (Wildman–Crippen LogP) is 3.35. The number of pyridine rings is 1. The van der Waals surface area contributed by atoms with Crippen molar-refractivity contribution in [2.45, 2.75) is 39.8 Å². The number of esters is 1. The molecule has 0 bridgehead atoms. The molecule has 0 aliphatic carbocycles. The van der Waals surface area contributed by atoms with Gasteiger partial charge in [-0.2, -0.15) is 13.4 Å². The van der Waals surface area contributed by atoms with Gasteiger partial charge in [0.25, 0.3) is 10.1 Å². The summed E-state index contributed by atoms with van der Waals surface area (Å²) >= 11 is 0. The van der Waals surface area contributed by atoms with E-state index in [2.05, 4.69) is 14.9 Å². The molecular formula is C30H33FN6O7S. The monoisotopic (exact) mass is 640 g/mol. The van der Waals surface area contributed by atoms with E-state index in [1.165, 1.54) is 19.2 Å². The normalized spacial score (nSPS) is 15.2. The molecule has 0 unspecified atom stereocenters. The maximum Gasteiger partial charge on any atom is 0.343 e. The van der Waals surface area contributed by atoms with E-state index in [1.807, 2.05) is 25.1 Å². The first kappa shape index (κ1) is 31.7. The first-order chi connectivity index (χ1) is 21.3. The number of fused-ring (bicyclic) bond motifs is 1. The zero-order chi connectivity index (χ0) is 32.6. The lowest BCUT2D eigenvalue weighted by Gasteiger charge is -2.29. The lowest BCUT2D eigenvalue weighted by molar-refractivity contribution is 0.0523. The molecule has 4 aromatic rings. The minimum Gasteiger partial charge on any atom is -0.488 e. The third-order valence-corrected chi connectivity index (χ3v) is 8.39. The second kappa shape index (κ2) is 12.3. The minimum absolute atomic E-state index is 0.0824. The van der Waals surface area contributed by atoms with E-state index < -0.39 is 27.3 Å². The van der Waals surface area contributed by atoms with Crippen LogP contribution in [0.5, 0.6) is 5.75 Å². The first-order valence-corrected chi connectivity index (χ1v) is 15.8. The number of ether oxygens (including phenoxy) is 2. The molecule has 4 heterocycles. The fourth-order valence-corrected chi connectivity index (χ4v) is 5.40. The number of carbonyl (C=O) groups is 1. The summed E-state index contributed by atoms with van der Waals surface area (Å²) in [6.45, 7) is 6.60. The third kappa shape index (κ3) is 6.26. The van der Waals surface area contributed by atoms with Crippen LogP contribution < -0.4 is 26.5 Å². The van der Waals surface area contributed by atoms with Gasteiger partial charge < -0.3 is 30.4 Å². The van der Waals surface area contributed by atoms with Gasteiger partial charge in [0.2, 0.25) is 11.4 Å². The van der Waals surface area contributed by atoms with Gasteiger partial charge in [-0.15, -0.1) is 0 Å². The average Bonchev–Trinajstić information content (AvgIpc) is 3.39. The molecule has 0 spiro atoms. The SMILES string of the molecule is CCOC(=O)c1cn2c3c(c(-c4ccc5c(c4)CCN5Cc4cnc(N)nc4N)c(F)cc3c1=O)OC[C@@H]2C.CCS(=O)(=O)O. The van der Waals surface area contributed by atoms with Crippen LogP contribution in [0.15, 0.2) is 41.5 Å². The number of halogens is 1. The third-order valence-electron chi connectivity index (χ3n) is 7.66. The molecule has 2 aromatic heterocycles. The van der Waals surface area contributed by atoms with Crippen molar-refractivity contribution in [1.29, 1.82) is 0 Å². The zero-order valence-electron chi connectivity index (χ0n) is 24.9. The van der Waals surface area contributed by atoms with Gasteiger partial charge >= 0.3 is 5.97 Å². The maximum atomic E-state index is 15.8. The number of benzene rings is 2. The summed E-state index contributed by atoms with van der Waals surface area (Å²) in [5, 5.41) is 0.0824. The summed E-state index contributed by atoms with van der Waals surface area (Å²) in [6, 6.07) is 6.77. The molecule has 13 nitrogen and oxygen atoms in total. The summed E-state index contributed by atoms with van der Waals surface area (Å²) in [7, 11) is -3.66. The van der Waals surface area contributed by atoms with E-state index >= 15 is 4.39 Å². The number of aromatic nitrogens is 3. The van der Waals surface area contributed by atoms with Crippen LogP contribution in [0.25, 0.3) is 22.0 Å². The maximum absolute atomic E-state index is 15.8. The van der Waals surface area contributed by atoms with Crippen LogP contribution in [0.4, 0.5) is 21.8 Å². The Morgan fingerprint density at radius 2 is 1.98 bits per heavy atom. The van der Waals surface area contributed by atoms with Crippen LogP contribution in [0, 0.1) is 5.82 Å². The molecule has 15 heteroatoms. The van der Waals surface area contributed by atoms with Crippen LogP contribution >= 0.6 is 0 Å². The Morgan fingerprint density at radius 3 is 2.64 bits per heavy atom. The Balaban J connectivity index is 0.000000609. The molecule has 2 aliphatic heterocycles. The standard InChI is InChI=1S/C28H27FN6O4.C2H6O3S/c1-3-38-27(37)19-12-35-14(2)13-39-25-22(20(29)9-18(23(25)35)24(19)36)16-4-5-21-15(8-16)6-7-34(21)11-17-10-32-28(31)33-26(17)30;1-2-6(3,4)5/h4-5,8-10,12,14H,3,6-7,11,13H2,1-2H3,(H4,30,31,32,33);2H2,1H3,(H,3,4,5)/t14-;/m0./s1. The Labute approximate surface area is 258 Å². The molecule has 5 N–H and O–H groups in total. The number of hydrogen-bond donors (Lipinski definition) is 3. The molecular weight excluding hydrogens is 607 g/mol. The second-order valence-electron chi connectivity index (χ2n) is 10.6. The van der Waals surface area contributed by atoms with E-state index in [0.29, 0.717) is 23.4 Å². The quantitative estimate of drug-likeness (QED) is 0.206. The zero-order valence-corrected chi connectivity index (χ0v) is 25.7. The molecule has 1 atom stereocenters. The van der Waals surface area contributed by atoms with Crippen molar-refractivity contribution in [3.63, 3.8) is 0 Å². The van der Waals surface area contributed by atoms with Crippen LogP contribution in [-0.4, -0.2) is 59.0 Å². The molecule has 2 aliphatic rings. The Morgan fingerprint density at radius 1 is 1.24 bits per heavy atom. The van der Waals surface area contributed by atoms with Crippen LogP contribution in [0.2, 0.25) is 0 Å². The lowest BCUT2D eigenvalue weighted by atomic mass is 9.96. The number of carbonyl (C=O) groups excluding carboxylic acids is 1. The number of rotatable bonds is 6. The molecule has 0 saturated heterocycles. The number of nitrogen functional groups attached to an aromatic ring is 2. The van der Waals surface area contributed by atoms with Gasteiger partial charge in [0.15, 0.2) is 5.75 Å². The number of nitrogens with two attached hydrogens (primary N) is 2. The van der Waals surface area contributed by atoms with Crippen LogP contribution in [-0.2, 0) is 27.8 Å². The van der Waals surface area contributed by atoms with Gasteiger partial charge in [0.1, 0.15) is 23.8 Å². The summed E-state index contributed by atoms with van der Waals surface area (Å²) in [5.41, 5.74) is 15.2. The van der Waals surface area contributed by atoms with Crippen LogP contribution in [0.3, 0.4) is 0 Å². The van der Waals surface area contributed by atoms with Crippen molar-refractivity contribution >= 4 is 44.4 Å². The second-order valence-corrected chi connectivity index (χ2v) is 12.4. The number of anilines is 3. The van der Waals surface area contributed by atoms with Gasteiger partial charge in [0.05, 0.1) is 34.9 Å². The summed E-state index contributed by atoms with van der Waals surface area (Å²) < 4.78 is 55.6. The highest BCUT2D eigenvalue weighted by atomic mass is 32.2. The van der Waals surface area contributed by atoms with Crippen LogP contribution in [0.1, 0.15) is 48.3 Å². The Bertz CT molecular complexity index is 1980. The van der Waals surface area contributed by atoms with E-state index in [-0.39, 0.29) is 53.2 Å². The van der Waals surface area contributed by atoms with E-state index in [9.17, 15) is 18.0 Å². The van der Waals surface area contributed by atoms with Crippen molar-refractivity contribution in [3.05, 3.63) is 69.4 Å². The largest absolute Gasteiger partial charge is 0.488 e. The first-order valence-electron chi connectivity index (χ1n) is 14.2.